The highest BCUT2D eigenvalue weighted by molar-refractivity contribution is 5.56. The van der Waals surface area contributed by atoms with Crippen molar-refractivity contribution in [1.82, 2.24) is 0 Å². The van der Waals surface area contributed by atoms with Crippen LogP contribution in [0.4, 0.5) is 0 Å². The van der Waals surface area contributed by atoms with Crippen LogP contribution in [0, 0.1) is 10.8 Å². The lowest BCUT2D eigenvalue weighted by Gasteiger charge is -2.18. The highest BCUT2D eigenvalue weighted by Crippen LogP contribution is 2.49. The van der Waals surface area contributed by atoms with Gasteiger partial charge in [0, 0.05) is 11.1 Å². The summed E-state index contributed by atoms with van der Waals surface area (Å²) in [7, 11) is 0. The lowest BCUT2D eigenvalue weighted by molar-refractivity contribution is 0.356. The number of aromatic hydroxyl groups is 3. The summed E-state index contributed by atoms with van der Waals surface area (Å²) in [4.78, 5) is 0. The number of phenols is 3. The molecular formula is C20H32O3. The second-order valence-electron chi connectivity index (χ2n) is 8.81. The summed E-state index contributed by atoms with van der Waals surface area (Å²) in [6.45, 7) is 8.81. The number of phenolic OH excluding ortho intramolecular Hbond substituents is 3. The zero-order valence-corrected chi connectivity index (χ0v) is 15.1. The van der Waals surface area contributed by atoms with Gasteiger partial charge in [0.05, 0.1) is 0 Å². The highest BCUT2D eigenvalue weighted by Gasteiger charge is 2.36. The van der Waals surface area contributed by atoms with Crippen LogP contribution in [0.25, 0.3) is 0 Å². The summed E-state index contributed by atoms with van der Waals surface area (Å²) in [6, 6.07) is 1.64. The van der Waals surface area contributed by atoms with Crippen LogP contribution >= 0.6 is 0 Å². The van der Waals surface area contributed by atoms with Crippen LogP contribution in [-0.4, -0.2) is 15.3 Å². The quantitative estimate of drug-likeness (QED) is 0.472. The molecule has 0 atom stereocenters. The molecule has 1 aromatic rings. The van der Waals surface area contributed by atoms with Gasteiger partial charge >= 0.3 is 0 Å². The molecule has 0 aliphatic heterocycles. The summed E-state index contributed by atoms with van der Waals surface area (Å²) >= 11 is 0. The van der Waals surface area contributed by atoms with E-state index in [-0.39, 0.29) is 22.7 Å². The summed E-state index contributed by atoms with van der Waals surface area (Å²) in [5.41, 5.74) is 1.85. The first-order valence-corrected chi connectivity index (χ1v) is 8.87. The number of hydrogen-bond acceptors (Lipinski definition) is 3. The van der Waals surface area contributed by atoms with Crippen molar-refractivity contribution in [3.8, 4) is 17.2 Å². The first kappa shape index (κ1) is 18.0. The highest BCUT2D eigenvalue weighted by atomic mass is 16.3. The third-order valence-electron chi connectivity index (χ3n) is 5.12. The van der Waals surface area contributed by atoms with Gasteiger partial charge in [-0.2, -0.15) is 0 Å². The molecule has 0 saturated heterocycles. The molecule has 0 aromatic heterocycles. The average Bonchev–Trinajstić information content (AvgIpc) is 3.16. The molecule has 1 aromatic carbocycles. The lowest BCUT2D eigenvalue weighted by atomic mass is 9.88. The first-order valence-electron chi connectivity index (χ1n) is 8.87. The molecular weight excluding hydrogens is 288 g/mol. The molecule has 3 heteroatoms. The van der Waals surface area contributed by atoms with Crippen molar-refractivity contribution in [2.24, 2.45) is 10.8 Å². The van der Waals surface area contributed by atoms with E-state index >= 15 is 0 Å². The van der Waals surface area contributed by atoms with Gasteiger partial charge in [0.15, 0.2) is 11.5 Å². The average molecular weight is 320 g/mol. The monoisotopic (exact) mass is 320 g/mol. The molecule has 0 unspecified atom stereocenters. The van der Waals surface area contributed by atoms with E-state index in [2.05, 4.69) is 27.7 Å². The molecule has 130 valence electrons. The van der Waals surface area contributed by atoms with Crippen LogP contribution in [0.3, 0.4) is 0 Å². The van der Waals surface area contributed by atoms with Crippen molar-refractivity contribution in [2.75, 3.05) is 0 Å². The standard InChI is InChI=1S/C20H32O3/c1-19(2,3)9-6-8-15-16(21)13-14(17(22)18(15)23)7-5-10-20(4)11-12-20/h13,21-23H,5-12H2,1-4H3. The smallest absolute Gasteiger partial charge is 0.164 e. The van der Waals surface area contributed by atoms with Gasteiger partial charge in [-0.05, 0) is 68.3 Å². The molecule has 1 fully saturated rings. The second-order valence-corrected chi connectivity index (χ2v) is 8.81. The second kappa shape index (κ2) is 6.62. The van der Waals surface area contributed by atoms with Gasteiger partial charge in [-0.25, -0.2) is 0 Å². The minimum absolute atomic E-state index is 0.0468. The topological polar surface area (TPSA) is 60.7 Å². The molecule has 0 amide bonds. The van der Waals surface area contributed by atoms with Crippen LogP contribution in [0.1, 0.15) is 77.3 Å². The lowest BCUT2D eigenvalue weighted by Crippen LogP contribution is -2.05. The maximum atomic E-state index is 10.3. The maximum Gasteiger partial charge on any atom is 0.164 e. The Morgan fingerprint density at radius 3 is 2.22 bits per heavy atom. The number of aryl methyl sites for hydroxylation is 1. The molecule has 1 aliphatic carbocycles. The van der Waals surface area contributed by atoms with Crippen LogP contribution in [0.2, 0.25) is 0 Å². The minimum atomic E-state index is -0.133. The van der Waals surface area contributed by atoms with E-state index in [1.807, 2.05) is 0 Å². The molecule has 1 aliphatic rings. The van der Waals surface area contributed by atoms with Gasteiger partial charge in [-0.15, -0.1) is 0 Å². The van der Waals surface area contributed by atoms with Gasteiger partial charge in [0.2, 0.25) is 0 Å². The molecule has 3 N–H and O–H groups in total. The zero-order valence-electron chi connectivity index (χ0n) is 15.1. The number of benzene rings is 1. The predicted octanol–water partition coefficient (Wildman–Crippen LogP) is 5.30. The number of hydrogen-bond donors (Lipinski definition) is 3. The van der Waals surface area contributed by atoms with Crippen LogP contribution in [-0.2, 0) is 12.8 Å². The van der Waals surface area contributed by atoms with Crippen molar-refractivity contribution >= 4 is 0 Å². The van der Waals surface area contributed by atoms with Gasteiger partial charge in [0.25, 0.3) is 0 Å². The Morgan fingerprint density at radius 2 is 1.65 bits per heavy atom. The van der Waals surface area contributed by atoms with Gasteiger partial charge in [0.1, 0.15) is 5.75 Å². The Morgan fingerprint density at radius 1 is 1.00 bits per heavy atom. The van der Waals surface area contributed by atoms with Gasteiger partial charge in [-0.1, -0.05) is 27.7 Å². The van der Waals surface area contributed by atoms with Crippen molar-refractivity contribution in [3.63, 3.8) is 0 Å². The fourth-order valence-corrected chi connectivity index (χ4v) is 3.14. The molecule has 23 heavy (non-hydrogen) atoms. The van der Waals surface area contributed by atoms with Gasteiger partial charge < -0.3 is 15.3 Å². The molecule has 1 saturated carbocycles. The number of rotatable bonds is 7. The van der Waals surface area contributed by atoms with Crippen LogP contribution in [0.5, 0.6) is 17.2 Å². The Bertz CT molecular complexity index is 551. The first-order chi connectivity index (χ1) is 10.6. The van der Waals surface area contributed by atoms with E-state index in [1.165, 1.54) is 12.8 Å². The van der Waals surface area contributed by atoms with Crippen molar-refractivity contribution in [3.05, 3.63) is 17.2 Å². The largest absolute Gasteiger partial charge is 0.508 e. The van der Waals surface area contributed by atoms with Gasteiger partial charge in [-0.3, -0.25) is 0 Å². The third kappa shape index (κ3) is 5.05. The summed E-state index contributed by atoms with van der Waals surface area (Å²) < 4.78 is 0. The Balaban J connectivity index is 2.00. The fraction of sp³-hybridized carbons (Fsp3) is 0.700. The van der Waals surface area contributed by atoms with E-state index < -0.39 is 0 Å². The SMILES string of the molecule is CC(C)(C)CCCc1c(O)cc(CCCC2(C)CC2)c(O)c1O. The fourth-order valence-electron chi connectivity index (χ4n) is 3.14. The minimum Gasteiger partial charge on any atom is -0.508 e. The van der Waals surface area contributed by atoms with E-state index in [1.54, 1.807) is 6.07 Å². The summed E-state index contributed by atoms with van der Waals surface area (Å²) in [5, 5.41) is 30.7. The van der Waals surface area contributed by atoms with E-state index in [0.717, 1.165) is 25.7 Å². The molecule has 0 heterocycles. The normalized spacial score (nSPS) is 16.5. The van der Waals surface area contributed by atoms with E-state index in [0.29, 0.717) is 29.4 Å². The van der Waals surface area contributed by atoms with E-state index in [9.17, 15) is 15.3 Å². The maximum absolute atomic E-state index is 10.3. The molecule has 2 rings (SSSR count). The van der Waals surface area contributed by atoms with Crippen LogP contribution < -0.4 is 0 Å². The molecule has 0 radical (unpaired) electrons. The zero-order chi connectivity index (χ0) is 17.3. The molecule has 3 nitrogen and oxygen atoms in total. The van der Waals surface area contributed by atoms with Crippen molar-refractivity contribution in [1.29, 1.82) is 0 Å². The molecule has 0 bridgehead atoms. The summed E-state index contributed by atoms with van der Waals surface area (Å²) in [6.07, 6.45) is 7.87. The predicted molar refractivity (Wildman–Crippen MR) is 94.1 cm³/mol. The Labute approximate surface area is 140 Å². The Kier molecular flexibility index (Phi) is 5.17. The van der Waals surface area contributed by atoms with Crippen LogP contribution in [0.15, 0.2) is 6.07 Å². The van der Waals surface area contributed by atoms with E-state index in [4.69, 9.17) is 0 Å². The summed E-state index contributed by atoms with van der Waals surface area (Å²) in [5.74, 6) is -0.0668. The van der Waals surface area contributed by atoms with Crippen molar-refractivity contribution in [2.45, 2.75) is 79.1 Å². The molecule has 0 spiro atoms. The van der Waals surface area contributed by atoms with Crippen molar-refractivity contribution < 1.29 is 15.3 Å². The third-order valence-corrected chi connectivity index (χ3v) is 5.12. The Hall–Kier alpha value is -1.38.